The maximum atomic E-state index is 11.8. The van der Waals surface area contributed by atoms with E-state index >= 15 is 0 Å². The number of hydrogen-bond donors (Lipinski definition) is 3. The van der Waals surface area contributed by atoms with Crippen LogP contribution in [0, 0.1) is 5.92 Å². The van der Waals surface area contributed by atoms with E-state index in [4.69, 9.17) is 10.8 Å². The summed E-state index contributed by atoms with van der Waals surface area (Å²) in [5, 5.41) is 8.89. The molecule has 7 heteroatoms. The van der Waals surface area contributed by atoms with Crippen LogP contribution in [0.5, 0.6) is 0 Å². The predicted octanol–water partition coefficient (Wildman–Crippen LogP) is 1.69. The molecule has 1 aromatic carbocycles. The van der Waals surface area contributed by atoms with Crippen molar-refractivity contribution < 1.29 is 13.5 Å². The zero-order chi connectivity index (χ0) is 15.7. The molecule has 0 aliphatic carbocycles. The van der Waals surface area contributed by atoms with Crippen molar-refractivity contribution in [2.45, 2.75) is 24.7 Å². The molecule has 1 aromatic rings. The van der Waals surface area contributed by atoms with Crippen molar-refractivity contribution in [1.29, 1.82) is 0 Å². The molecule has 0 bridgehead atoms. The van der Waals surface area contributed by atoms with Crippen LogP contribution in [0.25, 0.3) is 0 Å². The zero-order valence-electron chi connectivity index (χ0n) is 12.3. The first kappa shape index (κ1) is 18.3. The van der Waals surface area contributed by atoms with Gasteiger partial charge in [-0.2, -0.15) is 0 Å². The van der Waals surface area contributed by atoms with Crippen LogP contribution in [-0.2, 0) is 10.0 Å². The van der Waals surface area contributed by atoms with E-state index < -0.39 is 10.0 Å². The second kappa shape index (κ2) is 9.30. The standard InChI is InChI=1S/C14H24N2O3S2/c1-12(11-17)5-4-8-16-21(18,19)10-9-20-14-7-3-2-6-13(14)15/h2-3,6-7,12,16-17H,4-5,8-11,15H2,1H3. The quantitative estimate of drug-likeness (QED) is 0.344. The van der Waals surface area contributed by atoms with Gasteiger partial charge in [-0.1, -0.05) is 19.1 Å². The number of benzene rings is 1. The Kier molecular flexibility index (Phi) is 8.10. The molecule has 0 saturated carbocycles. The number of nitrogens with two attached hydrogens (primary N) is 1. The largest absolute Gasteiger partial charge is 0.398 e. The van der Waals surface area contributed by atoms with E-state index in [0.717, 1.165) is 17.7 Å². The molecule has 0 amide bonds. The number of sulfonamides is 1. The van der Waals surface area contributed by atoms with E-state index in [2.05, 4.69) is 4.72 Å². The van der Waals surface area contributed by atoms with E-state index in [-0.39, 0.29) is 18.3 Å². The molecule has 0 aliphatic heterocycles. The van der Waals surface area contributed by atoms with Crippen LogP contribution in [0.4, 0.5) is 5.69 Å². The Morgan fingerprint density at radius 2 is 2.10 bits per heavy atom. The predicted molar refractivity (Wildman–Crippen MR) is 88.9 cm³/mol. The molecule has 120 valence electrons. The smallest absolute Gasteiger partial charge is 0.212 e. The summed E-state index contributed by atoms with van der Waals surface area (Å²) in [4.78, 5) is 0.907. The monoisotopic (exact) mass is 332 g/mol. The van der Waals surface area contributed by atoms with Crippen LogP contribution < -0.4 is 10.5 Å². The van der Waals surface area contributed by atoms with Gasteiger partial charge < -0.3 is 10.8 Å². The fraction of sp³-hybridized carbons (Fsp3) is 0.571. The minimum absolute atomic E-state index is 0.0710. The molecule has 0 aliphatic rings. The van der Waals surface area contributed by atoms with Crippen LogP contribution in [0.3, 0.4) is 0 Å². The van der Waals surface area contributed by atoms with Crippen molar-refractivity contribution in [3.63, 3.8) is 0 Å². The molecule has 5 nitrogen and oxygen atoms in total. The second-order valence-corrected chi connectivity index (χ2v) is 8.09. The number of aliphatic hydroxyl groups excluding tert-OH is 1. The van der Waals surface area contributed by atoms with Crippen molar-refractivity contribution in [2.75, 3.05) is 30.4 Å². The summed E-state index contributed by atoms with van der Waals surface area (Å²) in [5.74, 6) is 0.754. The number of hydrogen-bond acceptors (Lipinski definition) is 5. The van der Waals surface area contributed by atoms with Crippen molar-refractivity contribution in [3.8, 4) is 0 Å². The Balaban J connectivity index is 2.25. The van der Waals surface area contributed by atoms with Gasteiger partial charge in [0.1, 0.15) is 0 Å². The lowest BCUT2D eigenvalue weighted by atomic mass is 10.1. The molecule has 1 rings (SSSR count). The highest BCUT2D eigenvalue weighted by Gasteiger charge is 2.10. The topological polar surface area (TPSA) is 92.4 Å². The summed E-state index contributed by atoms with van der Waals surface area (Å²) in [7, 11) is -3.24. The molecule has 1 unspecified atom stereocenters. The van der Waals surface area contributed by atoms with E-state index in [1.807, 2.05) is 25.1 Å². The average Bonchev–Trinajstić information content (AvgIpc) is 2.45. The molecule has 4 N–H and O–H groups in total. The summed E-state index contributed by atoms with van der Waals surface area (Å²) in [6.45, 7) is 2.50. The van der Waals surface area contributed by atoms with Gasteiger partial charge in [0.05, 0.1) is 5.75 Å². The number of thioether (sulfide) groups is 1. The summed E-state index contributed by atoms with van der Waals surface area (Å²) in [6.07, 6.45) is 1.55. The first-order chi connectivity index (χ1) is 9.94. The van der Waals surface area contributed by atoms with Crippen LogP contribution in [0.15, 0.2) is 29.2 Å². The van der Waals surface area contributed by atoms with Gasteiger partial charge in [-0.05, 0) is 30.9 Å². The lowest BCUT2D eigenvalue weighted by Gasteiger charge is -2.09. The molecular weight excluding hydrogens is 308 g/mol. The maximum Gasteiger partial charge on any atom is 0.212 e. The zero-order valence-corrected chi connectivity index (χ0v) is 13.9. The van der Waals surface area contributed by atoms with Crippen molar-refractivity contribution in [1.82, 2.24) is 4.72 Å². The lowest BCUT2D eigenvalue weighted by Crippen LogP contribution is -2.28. The van der Waals surface area contributed by atoms with Crippen LogP contribution in [0.2, 0.25) is 0 Å². The SMILES string of the molecule is CC(CO)CCCNS(=O)(=O)CCSc1ccccc1N. The number of aliphatic hydroxyl groups is 1. The normalized spacial score (nSPS) is 13.2. The van der Waals surface area contributed by atoms with Gasteiger partial charge in [-0.3, -0.25) is 0 Å². The van der Waals surface area contributed by atoms with Crippen molar-refractivity contribution >= 4 is 27.5 Å². The highest BCUT2D eigenvalue weighted by molar-refractivity contribution is 8.00. The Hall–Kier alpha value is -0.760. The van der Waals surface area contributed by atoms with E-state index in [9.17, 15) is 8.42 Å². The second-order valence-electron chi connectivity index (χ2n) is 5.03. The highest BCUT2D eigenvalue weighted by Crippen LogP contribution is 2.24. The van der Waals surface area contributed by atoms with Gasteiger partial charge >= 0.3 is 0 Å². The molecule has 0 aromatic heterocycles. The number of rotatable bonds is 10. The average molecular weight is 332 g/mol. The Morgan fingerprint density at radius 1 is 1.38 bits per heavy atom. The lowest BCUT2D eigenvalue weighted by molar-refractivity contribution is 0.228. The van der Waals surface area contributed by atoms with Gasteiger partial charge in [-0.25, -0.2) is 13.1 Å². The van der Waals surface area contributed by atoms with E-state index in [1.54, 1.807) is 6.07 Å². The third-order valence-electron chi connectivity index (χ3n) is 3.04. The third kappa shape index (κ3) is 7.71. The summed E-state index contributed by atoms with van der Waals surface area (Å²) < 4.78 is 26.2. The fourth-order valence-electron chi connectivity index (χ4n) is 1.71. The van der Waals surface area contributed by atoms with Gasteiger partial charge in [0.2, 0.25) is 10.0 Å². The first-order valence-corrected chi connectivity index (χ1v) is 9.64. The van der Waals surface area contributed by atoms with E-state index in [0.29, 0.717) is 18.0 Å². The number of nitrogens with one attached hydrogen (secondary N) is 1. The summed E-state index contributed by atoms with van der Waals surface area (Å²) in [6, 6.07) is 7.42. The van der Waals surface area contributed by atoms with Crippen LogP contribution in [-0.4, -0.2) is 38.2 Å². The Morgan fingerprint density at radius 3 is 2.76 bits per heavy atom. The number of para-hydroxylation sites is 1. The number of nitrogen functional groups attached to an aromatic ring is 1. The highest BCUT2D eigenvalue weighted by atomic mass is 32.2. The molecule has 21 heavy (non-hydrogen) atoms. The van der Waals surface area contributed by atoms with Crippen LogP contribution in [0.1, 0.15) is 19.8 Å². The van der Waals surface area contributed by atoms with Gasteiger partial charge in [0, 0.05) is 29.5 Å². The summed E-state index contributed by atoms with van der Waals surface area (Å²) in [5.41, 5.74) is 6.48. The van der Waals surface area contributed by atoms with Crippen molar-refractivity contribution in [2.24, 2.45) is 5.92 Å². The van der Waals surface area contributed by atoms with Gasteiger partial charge in [0.15, 0.2) is 0 Å². The van der Waals surface area contributed by atoms with E-state index in [1.165, 1.54) is 11.8 Å². The molecular formula is C14H24N2O3S2. The van der Waals surface area contributed by atoms with Crippen LogP contribution >= 0.6 is 11.8 Å². The molecule has 0 fully saturated rings. The van der Waals surface area contributed by atoms with Gasteiger partial charge in [0.25, 0.3) is 0 Å². The van der Waals surface area contributed by atoms with Gasteiger partial charge in [-0.15, -0.1) is 11.8 Å². The molecule has 0 heterocycles. The molecule has 1 atom stereocenters. The molecule has 0 saturated heterocycles. The third-order valence-corrected chi connectivity index (χ3v) is 5.77. The Bertz CT molecular complexity index is 521. The molecule has 0 radical (unpaired) electrons. The minimum atomic E-state index is -3.24. The van der Waals surface area contributed by atoms with Crippen molar-refractivity contribution in [3.05, 3.63) is 24.3 Å². The number of anilines is 1. The Labute approximate surface area is 131 Å². The summed E-state index contributed by atoms with van der Waals surface area (Å²) >= 11 is 1.44. The maximum absolute atomic E-state index is 11.8. The fourth-order valence-corrected chi connectivity index (χ4v) is 4.16. The molecule has 0 spiro atoms. The first-order valence-electron chi connectivity index (χ1n) is 7.00. The minimum Gasteiger partial charge on any atom is -0.398 e.